The molecule has 0 aromatic heterocycles. The molecule has 0 aromatic rings. The minimum absolute atomic E-state index is 0.0347. The van der Waals surface area contributed by atoms with Crippen LogP contribution in [0.2, 0.25) is 0 Å². The van der Waals surface area contributed by atoms with Crippen LogP contribution < -0.4 is 5.32 Å². The molecule has 2 aliphatic heterocycles. The van der Waals surface area contributed by atoms with Crippen LogP contribution in [0.15, 0.2) is 0 Å². The molecule has 2 amide bonds. The molecule has 2 fully saturated rings. The van der Waals surface area contributed by atoms with E-state index in [1.54, 1.807) is 0 Å². The Morgan fingerprint density at radius 1 is 1.39 bits per heavy atom. The van der Waals surface area contributed by atoms with Crippen molar-refractivity contribution in [3.63, 3.8) is 0 Å². The van der Waals surface area contributed by atoms with Gasteiger partial charge >= 0.3 is 0 Å². The average Bonchev–Trinajstić information content (AvgIpc) is 2.86. The van der Waals surface area contributed by atoms with E-state index in [4.69, 9.17) is 0 Å². The van der Waals surface area contributed by atoms with Crippen LogP contribution in [0.4, 0.5) is 0 Å². The second-order valence-electron chi connectivity index (χ2n) is 5.04. The van der Waals surface area contributed by atoms with Gasteiger partial charge in [-0.2, -0.15) is 11.8 Å². The third-order valence-corrected chi connectivity index (χ3v) is 4.92. The zero-order valence-corrected chi connectivity index (χ0v) is 12.0. The topological polar surface area (TPSA) is 49.4 Å². The highest BCUT2D eigenvalue weighted by atomic mass is 32.2. The van der Waals surface area contributed by atoms with E-state index in [9.17, 15) is 9.59 Å². The molecular formula is C13H22N2O2S. The number of nitrogens with zero attached hydrogens (tertiary/aromatic N) is 1. The summed E-state index contributed by atoms with van der Waals surface area (Å²) in [6, 6.07) is -0.289. The van der Waals surface area contributed by atoms with Crippen molar-refractivity contribution >= 4 is 23.6 Å². The molecule has 102 valence electrons. The Bertz CT molecular complexity index is 329. The minimum Gasteiger partial charge on any atom is -0.343 e. The molecule has 3 atom stereocenters. The first-order valence-electron chi connectivity index (χ1n) is 6.89. The predicted molar refractivity (Wildman–Crippen MR) is 73.5 cm³/mol. The van der Waals surface area contributed by atoms with Gasteiger partial charge in [0.15, 0.2) is 0 Å². The Hall–Kier alpha value is -0.710. The van der Waals surface area contributed by atoms with Gasteiger partial charge in [-0.25, -0.2) is 0 Å². The number of thioether (sulfide) groups is 1. The van der Waals surface area contributed by atoms with E-state index in [-0.39, 0.29) is 29.9 Å². The smallest absolute Gasteiger partial charge is 0.246 e. The van der Waals surface area contributed by atoms with Crippen molar-refractivity contribution in [2.75, 3.05) is 11.5 Å². The van der Waals surface area contributed by atoms with Crippen molar-refractivity contribution in [2.24, 2.45) is 0 Å². The first-order chi connectivity index (χ1) is 8.69. The molecule has 0 radical (unpaired) electrons. The summed E-state index contributed by atoms with van der Waals surface area (Å²) in [5, 5.41) is 2.88. The molecule has 0 bridgehead atoms. The number of hydrogen-bond donors (Lipinski definition) is 1. The van der Waals surface area contributed by atoms with Crippen LogP contribution in [0.5, 0.6) is 0 Å². The van der Waals surface area contributed by atoms with Crippen molar-refractivity contribution in [2.45, 2.75) is 57.7 Å². The number of carbonyl (C=O) groups excluding carboxylic acids is 2. The van der Waals surface area contributed by atoms with E-state index in [1.807, 2.05) is 30.5 Å². The van der Waals surface area contributed by atoms with Crippen molar-refractivity contribution in [1.82, 2.24) is 10.2 Å². The molecule has 1 N–H and O–H groups in total. The highest BCUT2D eigenvalue weighted by Gasteiger charge is 2.43. The van der Waals surface area contributed by atoms with Crippen LogP contribution in [0.1, 0.15) is 39.5 Å². The zero-order chi connectivity index (χ0) is 13.1. The summed E-state index contributed by atoms with van der Waals surface area (Å²) in [4.78, 5) is 26.5. The van der Waals surface area contributed by atoms with Gasteiger partial charge in [0.25, 0.3) is 0 Å². The maximum absolute atomic E-state index is 12.5. The molecular weight excluding hydrogens is 248 g/mol. The van der Waals surface area contributed by atoms with Gasteiger partial charge in [-0.1, -0.05) is 20.3 Å². The molecule has 4 nitrogen and oxygen atoms in total. The van der Waals surface area contributed by atoms with Crippen molar-refractivity contribution in [1.29, 1.82) is 0 Å². The van der Waals surface area contributed by atoms with Gasteiger partial charge < -0.3 is 10.2 Å². The fraction of sp³-hybridized carbons (Fsp3) is 0.846. The SMILES string of the molecule is CCCC1NC(=O)C(CC)N(C2CCSC2)C1=O. The summed E-state index contributed by atoms with van der Waals surface area (Å²) in [6.07, 6.45) is 3.40. The largest absolute Gasteiger partial charge is 0.343 e. The van der Waals surface area contributed by atoms with Crippen LogP contribution in [-0.2, 0) is 9.59 Å². The Labute approximate surface area is 113 Å². The summed E-state index contributed by atoms with van der Waals surface area (Å²) in [5.74, 6) is 2.25. The summed E-state index contributed by atoms with van der Waals surface area (Å²) in [7, 11) is 0. The fourth-order valence-corrected chi connectivity index (χ4v) is 4.04. The monoisotopic (exact) mass is 270 g/mol. The van der Waals surface area contributed by atoms with Gasteiger partial charge in [0, 0.05) is 11.8 Å². The van der Waals surface area contributed by atoms with Crippen LogP contribution >= 0.6 is 11.8 Å². The molecule has 5 heteroatoms. The standard InChI is InChI=1S/C13H22N2O2S/c1-3-5-10-13(17)15(9-6-7-18-8-9)11(4-2)12(16)14-10/h9-11H,3-8H2,1-2H3,(H,14,16). The van der Waals surface area contributed by atoms with Gasteiger partial charge in [-0.3, -0.25) is 9.59 Å². The van der Waals surface area contributed by atoms with Crippen LogP contribution in [0, 0.1) is 0 Å². The van der Waals surface area contributed by atoms with Gasteiger partial charge in [0.2, 0.25) is 11.8 Å². The zero-order valence-electron chi connectivity index (χ0n) is 11.1. The first-order valence-corrected chi connectivity index (χ1v) is 8.04. The first kappa shape index (κ1) is 13.7. The van der Waals surface area contributed by atoms with E-state index in [0.29, 0.717) is 6.42 Å². The van der Waals surface area contributed by atoms with E-state index in [1.165, 1.54) is 0 Å². The second-order valence-corrected chi connectivity index (χ2v) is 6.19. The third kappa shape index (κ3) is 2.51. The minimum atomic E-state index is -0.295. The quantitative estimate of drug-likeness (QED) is 0.840. The maximum atomic E-state index is 12.5. The highest BCUT2D eigenvalue weighted by Crippen LogP contribution is 2.28. The van der Waals surface area contributed by atoms with Crippen LogP contribution in [-0.4, -0.2) is 46.3 Å². The Morgan fingerprint density at radius 3 is 2.72 bits per heavy atom. The summed E-state index contributed by atoms with van der Waals surface area (Å²) in [6.45, 7) is 4.02. The molecule has 2 aliphatic rings. The Morgan fingerprint density at radius 2 is 2.17 bits per heavy atom. The number of hydrogen-bond acceptors (Lipinski definition) is 3. The lowest BCUT2D eigenvalue weighted by Crippen LogP contribution is -2.65. The number of nitrogens with one attached hydrogen (secondary N) is 1. The molecule has 3 unspecified atom stereocenters. The molecule has 2 saturated heterocycles. The molecule has 18 heavy (non-hydrogen) atoms. The Kier molecular flexibility index (Phi) is 4.54. The molecule has 2 heterocycles. The van der Waals surface area contributed by atoms with Crippen molar-refractivity contribution < 1.29 is 9.59 Å². The van der Waals surface area contributed by atoms with E-state index >= 15 is 0 Å². The summed E-state index contributed by atoms with van der Waals surface area (Å²) < 4.78 is 0. The predicted octanol–water partition coefficient (Wildman–Crippen LogP) is 1.40. The lowest BCUT2D eigenvalue weighted by molar-refractivity contribution is -0.152. The lowest BCUT2D eigenvalue weighted by atomic mass is 9.99. The van der Waals surface area contributed by atoms with Crippen molar-refractivity contribution in [3.8, 4) is 0 Å². The molecule has 0 aromatic carbocycles. The van der Waals surface area contributed by atoms with Gasteiger partial charge in [0.1, 0.15) is 12.1 Å². The summed E-state index contributed by atoms with van der Waals surface area (Å²) in [5.41, 5.74) is 0. The third-order valence-electron chi connectivity index (χ3n) is 3.77. The van der Waals surface area contributed by atoms with Crippen molar-refractivity contribution in [3.05, 3.63) is 0 Å². The van der Waals surface area contributed by atoms with Crippen LogP contribution in [0.3, 0.4) is 0 Å². The molecule has 2 rings (SSSR count). The van der Waals surface area contributed by atoms with Crippen LogP contribution in [0.25, 0.3) is 0 Å². The molecule has 0 spiro atoms. The Balaban J connectivity index is 2.18. The van der Waals surface area contributed by atoms with Gasteiger partial charge in [-0.05, 0) is 25.0 Å². The van der Waals surface area contributed by atoms with Gasteiger partial charge in [0.05, 0.1) is 0 Å². The fourth-order valence-electron chi connectivity index (χ4n) is 2.83. The normalized spacial score (nSPS) is 32.8. The second kappa shape index (κ2) is 5.95. The summed E-state index contributed by atoms with van der Waals surface area (Å²) >= 11 is 1.88. The van der Waals surface area contributed by atoms with Gasteiger partial charge in [-0.15, -0.1) is 0 Å². The molecule has 0 saturated carbocycles. The van der Waals surface area contributed by atoms with E-state index in [0.717, 1.165) is 30.8 Å². The average molecular weight is 270 g/mol. The maximum Gasteiger partial charge on any atom is 0.246 e. The number of piperazine rings is 1. The van der Waals surface area contributed by atoms with E-state index in [2.05, 4.69) is 5.32 Å². The molecule has 0 aliphatic carbocycles. The van der Waals surface area contributed by atoms with E-state index < -0.39 is 0 Å². The number of carbonyl (C=O) groups is 2. The lowest BCUT2D eigenvalue weighted by Gasteiger charge is -2.42. The highest BCUT2D eigenvalue weighted by molar-refractivity contribution is 7.99. The number of amides is 2. The number of rotatable bonds is 4.